The number of carbonyl (C=O) groups is 2. The maximum absolute atomic E-state index is 11.0. The van der Waals surface area contributed by atoms with Crippen LogP contribution in [0.15, 0.2) is 0 Å². The molecular weight excluding hydrogens is 206 g/mol. The second kappa shape index (κ2) is 5.32. The van der Waals surface area contributed by atoms with Crippen molar-refractivity contribution in [2.75, 3.05) is 6.54 Å². The van der Waals surface area contributed by atoms with Crippen molar-refractivity contribution >= 4 is 11.9 Å². The van der Waals surface area contributed by atoms with Gasteiger partial charge in [-0.05, 0) is 30.6 Å². The molecule has 0 aromatic heterocycles. The third-order valence-electron chi connectivity index (χ3n) is 3.32. The van der Waals surface area contributed by atoms with Gasteiger partial charge in [0.2, 0.25) is 0 Å². The average molecular weight is 227 g/mol. The fourth-order valence-electron chi connectivity index (χ4n) is 2.79. The molecule has 1 aliphatic carbocycles. The lowest BCUT2D eigenvalue weighted by atomic mass is 9.78. The van der Waals surface area contributed by atoms with Gasteiger partial charge in [0.05, 0.1) is 0 Å². The maximum atomic E-state index is 11.0. The highest BCUT2D eigenvalue weighted by molar-refractivity contribution is 6.31. The minimum Gasteiger partial charge on any atom is -0.474 e. The number of hydrogen-bond acceptors (Lipinski definition) is 2. The Labute approximate surface area is 96.4 Å². The monoisotopic (exact) mass is 227 g/mol. The number of amides is 1. The van der Waals surface area contributed by atoms with E-state index in [4.69, 9.17) is 5.11 Å². The number of nitrogens with one attached hydrogen (secondary N) is 1. The smallest absolute Gasteiger partial charge is 0.394 e. The van der Waals surface area contributed by atoms with Crippen LogP contribution in [0.2, 0.25) is 0 Å². The molecule has 16 heavy (non-hydrogen) atoms. The van der Waals surface area contributed by atoms with Gasteiger partial charge in [-0.1, -0.05) is 26.7 Å². The van der Waals surface area contributed by atoms with Crippen molar-refractivity contribution < 1.29 is 14.7 Å². The summed E-state index contributed by atoms with van der Waals surface area (Å²) in [6.07, 6.45) is 5.65. The molecule has 0 heterocycles. The van der Waals surface area contributed by atoms with E-state index in [1.54, 1.807) is 0 Å². The van der Waals surface area contributed by atoms with E-state index in [0.29, 0.717) is 12.5 Å². The van der Waals surface area contributed by atoms with Crippen molar-refractivity contribution in [2.45, 2.75) is 46.0 Å². The Kier molecular flexibility index (Phi) is 4.33. The summed E-state index contributed by atoms with van der Waals surface area (Å²) < 4.78 is 0. The Morgan fingerprint density at radius 3 is 2.31 bits per heavy atom. The van der Waals surface area contributed by atoms with Gasteiger partial charge in [0.15, 0.2) is 0 Å². The first-order valence-corrected chi connectivity index (χ1v) is 5.96. The van der Waals surface area contributed by atoms with E-state index in [9.17, 15) is 9.59 Å². The molecule has 0 atom stereocenters. The predicted molar refractivity (Wildman–Crippen MR) is 61.0 cm³/mol. The van der Waals surface area contributed by atoms with Gasteiger partial charge in [0.1, 0.15) is 0 Å². The Bertz CT molecular complexity index is 267. The standard InChI is InChI=1S/C12H21NO3/c1-9(2)7-12(5-3-4-6-12)8-13-10(14)11(15)16/h9H,3-8H2,1-2H3,(H,13,14)(H,15,16). The SMILES string of the molecule is CC(C)CC1(CNC(=O)C(=O)O)CCCC1. The molecule has 1 rings (SSSR count). The van der Waals surface area contributed by atoms with Gasteiger partial charge in [-0.3, -0.25) is 4.79 Å². The van der Waals surface area contributed by atoms with Crippen LogP contribution in [0.5, 0.6) is 0 Å². The summed E-state index contributed by atoms with van der Waals surface area (Å²) in [6, 6.07) is 0. The normalized spacial score (nSPS) is 18.7. The lowest BCUT2D eigenvalue weighted by Gasteiger charge is -2.30. The molecule has 0 radical (unpaired) electrons. The molecule has 92 valence electrons. The number of rotatable bonds is 4. The first kappa shape index (κ1) is 13.0. The van der Waals surface area contributed by atoms with Crippen LogP contribution >= 0.6 is 0 Å². The van der Waals surface area contributed by atoms with Gasteiger partial charge in [-0.2, -0.15) is 0 Å². The molecule has 2 N–H and O–H groups in total. The highest BCUT2D eigenvalue weighted by Gasteiger charge is 2.35. The van der Waals surface area contributed by atoms with Gasteiger partial charge in [-0.25, -0.2) is 4.79 Å². The maximum Gasteiger partial charge on any atom is 0.394 e. The van der Waals surface area contributed by atoms with Crippen LogP contribution in [0, 0.1) is 11.3 Å². The third kappa shape index (κ3) is 3.51. The first-order valence-electron chi connectivity index (χ1n) is 5.96. The van der Waals surface area contributed by atoms with Crippen molar-refractivity contribution in [3.63, 3.8) is 0 Å². The van der Waals surface area contributed by atoms with E-state index in [-0.39, 0.29) is 5.41 Å². The van der Waals surface area contributed by atoms with Crippen molar-refractivity contribution in [1.82, 2.24) is 5.32 Å². The van der Waals surface area contributed by atoms with Gasteiger partial charge in [0.25, 0.3) is 0 Å². The largest absolute Gasteiger partial charge is 0.474 e. The minimum absolute atomic E-state index is 0.138. The molecule has 0 aromatic carbocycles. The average Bonchev–Trinajstić information content (AvgIpc) is 2.62. The Balaban J connectivity index is 2.51. The molecule has 1 aliphatic rings. The predicted octanol–water partition coefficient (Wildman–Crippen LogP) is 1.79. The van der Waals surface area contributed by atoms with Crippen molar-refractivity contribution in [3.05, 3.63) is 0 Å². The summed E-state index contributed by atoms with van der Waals surface area (Å²) in [5.41, 5.74) is 0.138. The lowest BCUT2D eigenvalue weighted by Crippen LogP contribution is -2.39. The Hall–Kier alpha value is -1.06. The molecule has 0 aromatic rings. The van der Waals surface area contributed by atoms with E-state index in [1.165, 1.54) is 12.8 Å². The third-order valence-corrected chi connectivity index (χ3v) is 3.32. The fraction of sp³-hybridized carbons (Fsp3) is 0.833. The zero-order chi connectivity index (χ0) is 12.2. The number of carboxylic acid groups (broad SMARTS) is 1. The van der Waals surface area contributed by atoms with Crippen LogP contribution < -0.4 is 5.32 Å². The van der Waals surface area contributed by atoms with E-state index in [0.717, 1.165) is 19.3 Å². The molecule has 0 unspecified atom stereocenters. The summed E-state index contributed by atoms with van der Waals surface area (Å²) in [7, 11) is 0. The van der Waals surface area contributed by atoms with Gasteiger partial charge >= 0.3 is 11.9 Å². The molecule has 0 aliphatic heterocycles. The van der Waals surface area contributed by atoms with E-state index < -0.39 is 11.9 Å². The molecule has 1 fully saturated rings. The highest BCUT2D eigenvalue weighted by Crippen LogP contribution is 2.42. The molecule has 1 amide bonds. The van der Waals surface area contributed by atoms with Crippen LogP contribution in [-0.4, -0.2) is 23.5 Å². The molecule has 0 bridgehead atoms. The van der Waals surface area contributed by atoms with Crippen molar-refractivity contribution in [3.8, 4) is 0 Å². The van der Waals surface area contributed by atoms with Gasteiger partial charge < -0.3 is 10.4 Å². The number of aliphatic carboxylic acids is 1. The molecule has 4 nitrogen and oxygen atoms in total. The topological polar surface area (TPSA) is 66.4 Å². The van der Waals surface area contributed by atoms with Crippen molar-refractivity contribution in [2.24, 2.45) is 11.3 Å². The van der Waals surface area contributed by atoms with Gasteiger partial charge in [0, 0.05) is 6.54 Å². The lowest BCUT2D eigenvalue weighted by molar-refractivity contribution is -0.150. The number of hydrogen-bond donors (Lipinski definition) is 2. The van der Waals surface area contributed by atoms with E-state index >= 15 is 0 Å². The Morgan fingerprint density at radius 1 is 1.31 bits per heavy atom. The molecule has 4 heteroatoms. The molecule has 0 saturated heterocycles. The highest BCUT2D eigenvalue weighted by atomic mass is 16.4. The zero-order valence-corrected chi connectivity index (χ0v) is 10.1. The van der Waals surface area contributed by atoms with Crippen LogP contribution in [0.1, 0.15) is 46.0 Å². The summed E-state index contributed by atoms with van der Waals surface area (Å²) in [6.45, 7) is 4.84. The van der Waals surface area contributed by atoms with Crippen LogP contribution in [-0.2, 0) is 9.59 Å². The number of carboxylic acids is 1. The second-order valence-corrected chi connectivity index (χ2v) is 5.29. The summed E-state index contributed by atoms with van der Waals surface area (Å²) >= 11 is 0. The Morgan fingerprint density at radius 2 is 1.88 bits per heavy atom. The summed E-state index contributed by atoms with van der Waals surface area (Å²) in [4.78, 5) is 21.4. The van der Waals surface area contributed by atoms with Gasteiger partial charge in [-0.15, -0.1) is 0 Å². The second-order valence-electron chi connectivity index (χ2n) is 5.29. The van der Waals surface area contributed by atoms with Crippen LogP contribution in [0.4, 0.5) is 0 Å². The number of carbonyl (C=O) groups excluding carboxylic acids is 1. The zero-order valence-electron chi connectivity index (χ0n) is 10.1. The first-order chi connectivity index (χ1) is 7.45. The van der Waals surface area contributed by atoms with Crippen molar-refractivity contribution in [1.29, 1.82) is 0 Å². The van der Waals surface area contributed by atoms with Crippen LogP contribution in [0.25, 0.3) is 0 Å². The fourth-order valence-corrected chi connectivity index (χ4v) is 2.79. The quantitative estimate of drug-likeness (QED) is 0.720. The van der Waals surface area contributed by atoms with E-state index in [2.05, 4.69) is 19.2 Å². The summed E-state index contributed by atoms with van der Waals surface area (Å²) in [5.74, 6) is -1.69. The minimum atomic E-state index is -1.39. The van der Waals surface area contributed by atoms with Crippen LogP contribution in [0.3, 0.4) is 0 Å². The molecular formula is C12H21NO3. The van der Waals surface area contributed by atoms with E-state index in [1.807, 2.05) is 0 Å². The summed E-state index contributed by atoms with van der Waals surface area (Å²) in [5, 5.41) is 11.0. The molecule has 0 spiro atoms. The molecule has 1 saturated carbocycles.